The number of imidazole rings is 2. The molecule has 4 unspecified atom stereocenters. The summed E-state index contributed by atoms with van der Waals surface area (Å²) in [7, 11) is 5.07. The summed E-state index contributed by atoms with van der Waals surface area (Å²) in [6.45, 7) is 0. The highest BCUT2D eigenvalue weighted by atomic mass is 35.5. The van der Waals surface area contributed by atoms with Crippen LogP contribution in [0.3, 0.4) is 0 Å². The first-order valence-corrected chi connectivity index (χ1v) is 50.5. The molecule has 38 heteroatoms. The number of aromatic nitrogens is 18. The first kappa shape index (κ1) is 101. The lowest BCUT2D eigenvalue weighted by Crippen LogP contribution is -2.31. The van der Waals surface area contributed by atoms with Crippen LogP contribution in [0.25, 0.3) is 55.0 Å². The molecule has 0 aliphatic carbocycles. The van der Waals surface area contributed by atoms with Crippen LogP contribution in [0.1, 0.15) is 115 Å². The lowest BCUT2D eigenvalue weighted by Gasteiger charge is -2.30. The highest BCUT2D eigenvalue weighted by Crippen LogP contribution is 2.48. The van der Waals surface area contributed by atoms with Crippen LogP contribution in [0, 0.1) is 0 Å². The van der Waals surface area contributed by atoms with E-state index in [-0.39, 0.29) is 10.7 Å². The van der Waals surface area contributed by atoms with Gasteiger partial charge in [0.05, 0.1) is 128 Å². The summed E-state index contributed by atoms with van der Waals surface area (Å²) in [4.78, 5) is 53.3. The van der Waals surface area contributed by atoms with Crippen molar-refractivity contribution in [2.45, 2.75) is 54.3 Å². The summed E-state index contributed by atoms with van der Waals surface area (Å²) in [5, 5.41) is 63.4. The number of ether oxygens (including phenoxy) is 1. The Morgan fingerprint density at radius 3 is 1.04 bits per heavy atom. The molecular weight excluding hydrogens is 2100 g/mol. The molecule has 146 heavy (non-hydrogen) atoms. The number of hydrogen-bond donors (Lipinski definition) is 4. The van der Waals surface area contributed by atoms with Gasteiger partial charge < -0.3 is 34.3 Å². The molecule has 0 aliphatic rings. The summed E-state index contributed by atoms with van der Waals surface area (Å²) in [5.41, 5.74) is 13.3. The second-order valence-electron chi connectivity index (χ2n) is 33.7. The number of aliphatic hydroxyl groups is 4. The van der Waals surface area contributed by atoms with E-state index in [9.17, 15) is 33.6 Å². The van der Waals surface area contributed by atoms with Crippen LogP contribution in [-0.4, -0.2) is 116 Å². The summed E-state index contributed by atoms with van der Waals surface area (Å²) < 4.78 is 51.8. The number of pyridine rings is 7. The fourth-order valence-electron chi connectivity index (χ4n) is 17.3. The molecule has 0 saturated carbocycles. The standard InChI is InChI=1S/C30H21Cl2F3N6O.C27H20Cl2N6OS.C26H19Cl2N3O2S.C25H16Cl3N3OS/c1-40-17-36-16-26(40)29(42,20-6-10-25(37-15-20)30(33,34)35)19-5-9-24-22(14-19)27(31)23(28(32)39-24)13-18-3-7-21(8-4-18)41-12-2-11-38-41;1-34-15-30-13-23(34)27(36,24-14-31-16-37-24)18-5-8-22-20(12-18)25(28)21(26(29)33-22)11-17-3-6-19(7-4-17)35-10-2-9-32-35;1-33-23-10-8-18(13-30-23)26(32,22-14-29-15-34-22)17-7-9-21-19(12-17)24(27)20(25(28)31-21)11-16-5-3-2-4-6-16;26-18-6-3-15(4-7-18)10-20-23(27)19-11-16(5-8-21(19)31-24(20)28)25(32,22-13-30-14-33-22)17-2-1-9-29-12-17/h2-12,14-17,42H,13H2,1H3;2-10,12-16,36H,11H2,1H3;2-10,12-15,32H,11H2,1H3;1-9,11-14,32H,10H2. The van der Waals surface area contributed by atoms with Crippen molar-refractivity contribution in [2.75, 3.05) is 7.11 Å². The minimum Gasteiger partial charge on any atom is -0.481 e. The van der Waals surface area contributed by atoms with Gasteiger partial charge in [0.2, 0.25) is 5.88 Å². The molecule has 730 valence electrons. The topological polar surface area (TPSA) is 290 Å². The molecule has 23 nitrogen and oxygen atoms in total. The van der Waals surface area contributed by atoms with E-state index in [0.717, 1.165) is 57.0 Å². The molecule has 0 aliphatic heterocycles. The van der Waals surface area contributed by atoms with Gasteiger partial charge in [0.25, 0.3) is 0 Å². The van der Waals surface area contributed by atoms with Crippen molar-refractivity contribution in [3.05, 3.63) is 495 Å². The zero-order valence-corrected chi connectivity index (χ0v) is 85.8. The van der Waals surface area contributed by atoms with Crippen molar-refractivity contribution in [3.8, 4) is 17.3 Å². The average Bonchev–Trinajstić information content (AvgIpc) is 0.947. The number of aryl methyl sites for hydroxylation is 2. The van der Waals surface area contributed by atoms with Gasteiger partial charge in [-0.1, -0.05) is 208 Å². The Bertz CT molecular complexity index is 8420. The Labute approximate surface area is 889 Å². The van der Waals surface area contributed by atoms with Crippen molar-refractivity contribution in [1.29, 1.82) is 0 Å². The van der Waals surface area contributed by atoms with Gasteiger partial charge in [-0.3, -0.25) is 24.9 Å². The van der Waals surface area contributed by atoms with Gasteiger partial charge in [-0.2, -0.15) is 23.4 Å². The monoisotopic (exact) mass is 2170 g/mol. The minimum atomic E-state index is -4.62. The lowest BCUT2D eigenvalue weighted by atomic mass is 9.83. The van der Waals surface area contributed by atoms with Crippen LogP contribution in [0.15, 0.2) is 334 Å². The van der Waals surface area contributed by atoms with E-state index in [0.29, 0.717) is 186 Å². The average molecular weight is 2180 g/mol. The second kappa shape index (κ2) is 43.0. The van der Waals surface area contributed by atoms with Crippen molar-refractivity contribution in [1.82, 2.24) is 88.5 Å². The molecule has 0 bridgehead atoms. The zero-order chi connectivity index (χ0) is 102. The normalized spacial score (nSPS) is 13.2. The first-order chi connectivity index (χ1) is 70.5. The van der Waals surface area contributed by atoms with E-state index >= 15 is 0 Å². The van der Waals surface area contributed by atoms with Gasteiger partial charge >= 0.3 is 6.18 Å². The molecule has 0 saturated heterocycles. The number of alkyl halides is 3. The van der Waals surface area contributed by atoms with E-state index in [4.69, 9.17) is 109 Å². The number of nitrogens with zero attached hydrogens (tertiary/aromatic N) is 18. The number of hydrogen-bond acceptors (Lipinski definition) is 22. The maximum absolute atomic E-state index is 13.2. The molecule has 8 aromatic carbocycles. The van der Waals surface area contributed by atoms with E-state index in [2.05, 4.69) is 70.0 Å². The summed E-state index contributed by atoms with van der Waals surface area (Å²) >= 11 is 64.0. The van der Waals surface area contributed by atoms with Gasteiger partial charge in [0, 0.05) is 180 Å². The SMILES string of the molecule is COc1ccc(C(O)(c2ccc3nc(Cl)c(Cc4ccccc4)c(Cl)c3c2)c2cncs2)cn1.Cn1cncc1C(O)(c1ccc(C(F)(F)F)nc1)c1ccc2nc(Cl)c(Cc3ccc(-n4cccn4)cc3)c(Cl)c2c1.Cn1cncc1C(O)(c1ccc2nc(Cl)c(Cc3ccc(-n4cccn4)cc3)c(Cl)c2c1)c1cncs1.OC(c1cccnc1)(c1ccc2nc(Cl)c(Cc3ccc(Cl)cc3)c(Cl)c2c1)c1cncs1. The van der Waals surface area contributed by atoms with Crippen molar-refractivity contribution in [2.24, 2.45) is 14.1 Å². The van der Waals surface area contributed by atoms with Crippen LogP contribution in [-0.2, 0) is 68.4 Å². The third-order valence-corrected chi connectivity index (χ3v) is 30.8. The lowest BCUT2D eigenvalue weighted by molar-refractivity contribution is -0.141. The molecule has 0 fully saturated rings. The number of thiazole rings is 3. The Balaban J connectivity index is 0.000000123. The molecule has 14 heterocycles. The van der Waals surface area contributed by atoms with Crippen molar-refractivity contribution >= 4 is 182 Å². The number of fused-ring (bicyclic) bond motifs is 4. The number of benzene rings is 8. The Hall–Kier alpha value is -13.4. The first-order valence-electron chi connectivity index (χ1n) is 44.5. The van der Waals surface area contributed by atoms with E-state index < -0.39 is 34.3 Å². The highest BCUT2D eigenvalue weighted by Gasteiger charge is 2.43. The fourth-order valence-corrected chi connectivity index (χ4v) is 22.1. The molecular formula is C108H76Cl9F3N18O5S3. The van der Waals surface area contributed by atoms with Crippen LogP contribution in [0.5, 0.6) is 5.88 Å². The van der Waals surface area contributed by atoms with E-state index in [1.54, 1.807) is 148 Å². The number of methoxy groups -OCH3 is 1. The second-order valence-corrected chi connectivity index (χ2v) is 39.8. The van der Waals surface area contributed by atoms with Crippen LogP contribution >= 0.6 is 138 Å². The number of halogens is 12. The highest BCUT2D eigenvalue weighted by molar-refractivity contribution is 7.10. The van der Waals surface area contributed by atoms with Gasteiger partial charge in [0.15, 0.2) is 22.4 Å². The molecule has 22 aromatic rings. The zero-order valence-electron chi connectivity index (χ0n) is 76.6. The smallest absolute Gasteiger partial charge is 0.433 e. The quantitative estimate of drug-likeness (QED) is 0.0433. The predicted octanol–water partition coefficient (Wildman–Crippen LogP) is 25.7. The Morgan fingerprint density at radius 2 is 0.699 bits per heavy atom. The molecule has 22 rings (SSSR count). The van der Waals surface area contributed by atoms with Crippen LogP contribution in [0.4, 0.5) is 13.2 Å². The summed E-state index contributed by atoms with van der Waals surface area (Å²) in [6.07, 6.45) is 21.7. The molecule has 14 aromatic heterocycles. The summed E-state index contributed by atoms with van der Waals surface area (Å²) in [5.74, 6) is 0.460. The molecule has 0 radical (unpaired) electrons. The molecule has 4 N–H and O–H groups in total. The van der Waals surface area contributed by atoms with Crippen LogP contribution < -0.4 is 4.74 Å². The minimum absolute atomic E-state index is 0.119. The van der Waals surface area contributed by atoms with Gasteiger partial charge in [-0.25, -0.2) is 44.3 Å². The maximum atomic E-state index is 13.2. The molecule has 0 amide bonds. The largest absolute Gasteiger partial charge is 0.481 e. The van der Waals surface area contributed by atoms with Gasteiger partial charge in [-0.15, -0.1) is 34.0 Å². The predicted molar refractivity (Wildman–Crippen MR) is 569 cm³/mol. The van der Waals surface area contributed by atoms with Gasteiger partial charge in [-0.05, 0) is 160 Å². The van der Waals surface area contributed by atoms with E-state index in [1.807, 2.05) is 195 Å². The van der Waals surface area contributed by atoms with Gasteiger partial charge in [0.1, 0.15) is 26.3 Å². The molecule has 4 atom stereocenters. The fraction of sp³-hybridized carbons (Fsp3) is 0.111. The Kier molecular flexibility index (Phi) is 29.8. The third kappa shape index (κ3) is 20.4. The molecule has 0 spiro atoms. The third-order valence-electron chi connectivity index (χ3n) is 24.9. The van der Waals surface area contributed by atoms with E-state index in [1.165, 1.54) is 52.6 Å². The van der Waals surface area contributed by atoms with Crippen LogP contribution in [0.2, 0.25) is 45.7 Å². The van der Waals surface area contributed by atoms with Crippen molar-refractivity contribution in [3.63, 3.8) is 0 Å². The Morgan fingerprint density at radius 1 is 0.336 bits per heavy atom. The number of rotatable bonds is 23. The van der Waals surface area contributed by atoms with Crippen molar-refractivity contribution < 1.29 is 38.3 Å². The maximum Gasteiger partial charge on any atom is 0.433 e. The summed E-state index contributed by atoms with van der Waals surface area (Å²) in [6, 6.07) is 67.7.